The van der Waals surface area contributed by atoms with E-state index in [1.54, 1.807) is 0 Å². The van der Waals surface area contributed by atoms with Gasteiger partial charge in [-0.1, -0.05) is 19.4 Å². The topological polar surface area (TPSA) is 57.5 Å². The van der Waals surface area contributed by atoms with E-state index in [4.69, 9.17) is 0 Å². The summed E-state index contributed by atoms with van der Waals surface area (Å²) in [4.78, 5) is 11.9. The maximum atomic E-state index is 11.9. The molecule has 0 radical (unpaired) electrons. The summed E-state index contributed by atoms with van der Waals surface area (Å²) in [5.41, 5.74) is 1.37. The SMILES string of the molecule is C[C@@H](O)[C@@H]1CC[C@@H]2[C@H]3CCC4=CC(=O)CC[C@]4(C)[C@@H]3[C@@H](O)C[C@]21C. The predicted molar refractivity (Wildman–Crippen MR) is 93.3 cm³/mol. The van der Waals surface area contributed by atoms with E-state index in [2.05, 4.69) is 13.8 Å². The summed E-state index contributed by atoms with van der Waals surface area (Å²) in [7, 11) is 0. The molecule has 4 aliphatic carbocycles. The smallest absolute Gasteiger partial charge is 0.155 e. The first-order chi connectivity index (χ1) is 11.3. The van der Waals surface area contributed by atoms with Gasteiger partial charge < -0.3 is 10.2 Å². The van der Waals surface area contributed by atoms with Crippen LogP contribution in [0.5, 0.6) is 0 Å². The molecule has 3 heteroatoms. The van der Waals surface area contributed by atoms with Crippen molar-refractivity contribution < 1.29 is 15.0 Å². The molecule has 3 nitrogen and oxygen atoms in total. The summed E-state index contributed by atoms with van der Waals surface area (Å²) in [5.74, 6) is 2.03. The number of aliphatic hydroxyl groups excluding tert-OH is 2. The van der Waals surface area contributed by atoms with Crippen molar-refractivity contribution in [2.24, 2.45) is 34.5 Å². The Morgan fingerprint density at radius 3 is 2.67 bits per heavy atom. The lowest BCUT2D eigenvalue weighted by Crippen LogP contribution is -2.57. The van der Waals surface area contributed by atoms with Crippen molar-refractivity contribution >= 4 is 5.78 Å². The molecule has 4 aliphatic rings. The first-order valence-corrected chi connectivity index (χ1v) is 9.87. The van der Waals surface area contributed by atoms with Crippen LogP contribution in [0, 0.1) is 34.5 Å². The number of allylic oxidation sites excluding steroid dienone is 1. The highest BCUT2D eigenvalue weighted by atomic mass is 16.3. The van der Waals surface area contributed by atoms with Crippen molar-refractivity contribution in [3.05, 3.63) is 11.6 Å². The fourth-order valence-electron chi connectivity index (χ4n) is 7.52. The molecule has 134 valence electrons. The zero-order valence-electron chi connectivity index (χ0n) is 15.3. The van der Waals surface area contributed by atoms with Gasteiger partial charge in [0.1, 0.15) is 0 Å². The molecule has 0 saturated heterocycles. The van der Waals surface area contributed by atoms with Gasteiger partial charge in [0, 0.05) is 6.42 Å². The summed E-state index contributed by atoms with van der Waals surface area (Å²) in [6.07, 6.45) is 8.04. The van der Waals surface area contributed by atoms with Crippen LogP contribution < -0.4 is 0 Å². The van der Waals surface area contributed by atoms with Gasteiger partial charge in [-0.2, -0.15) is 0 Å². The van der Waals surface area contributed by atoms with Gasteiger partial charge in [-0.15, -0.1) is 0 Å². The van der Waals surface area contributed by atoms with Crippen LogP contribution in [0.25, 0.3) is 0 Å². The van der Waals surface area contributed by atoms with Crippen LogP contribution in [0.15, 0.2) is 11.6 Å². The molecule has 3 saturated carbocycles. The number of rotatable bonds is 1. The first kappa shape index (κ1) is 16.8. The minimum Gasteiger partial charge on any atom is -0.393 e. The summed E-state index contributed by atoms with van der Waals surface area (Å²) < 4.78 is 0. The summed E-state index contributed by atoms with van der Waals surface area (Å²) in [6, 6.07) is 0. The number of carbonyl (C=O) groups is 1. The molecular weight excluding hydrogens is 300 g/mol. The van der Waals surface area contributed by atoms with E-state index in [0.29, 0.717) is 24.2 Å². The van der Waals surface area contributed by atoms with E-state index in [1.807, 2.05) is 13.0 Å². The third-order valence-electron chi connectivity index (χ3n) is 8.55. The molecule has 0 aromatic carbocycles. The van der Waals surface area contributed by atoms with Crippen LogP contribution in [-0.4, -0.2) is 28.2 Å². The molecular formula is C21H32O3. The zero-order valence-corrected chi connectivity index (χ0v) is 15.3. The van der Waals surface area contributed by atoms with Gasteiger partial charge in [-0.3, -0.25) is 4.79 Å². The van der Waals surface area contributed by atoms with Gasteiger partial charge in [0.05, 0.1) is 12.2 Å². The van der Waals surface area contributed by atoms with Gasteiger partial charge in [-0.05, 0) is 86.0 Å². The molecule has 0 aromatic heterocycles. The normalized spacial score (nSPS) is 52.1. The monoisotopic (exact) mass is 332 g/mol. The molecule has 8 atom stereocenters. The predicted octanol–water partition coefficient (Wildman–Crippen LogP) is 3.49. The van der Waals surface area contributed by atoms with E-state index in [-0.39, 0.29) is 34.7 Å². The number of hydrogen-bond acceptors (Lipinski definition) is 3. The average Bonchev–Trinajstić information content (AvgIpc) is 2.84. The highest BCUT2D eigenvalue weighted by Gasteiger charge is 2.62. The van der Waals surface area contributed by atoms with Crippen LogP contribution in [0.3, 0.4) is 0 Å². The molecule has 4 rings (SSSR count). The van der Waals surface area contributed by atoms with Crippen molar-refractivity contribution in [2.75, 3.05) is 0 Å². The third-order valence-corrected chi connectivity index (χ3v) is 8.55. The number of hydrogen-bond donors (Lipinski definition) is 2. The summed E-state index contributed by atoms with van der Waals surface area (Å²) in [6.45, 7) is 6.54. The minimum absolute atomic E-state index is 0.000487. The van der Waals surface area contributed by atoms with Gasteiger partial charge in [0.25, 0.3) is 0 Å². The fourth-order valence-corrected chi connectivity index (χ4v) is 7.52. The van der Waals surface area contributed by atoms with Gasteiger partial charge in [-0.25, -0.2) is 0 Å². The molecule has 3 fully saturated rings. The Morgan fingerprint density at radius 2 is 1.96 bits per heavy atom. The van der Waals surface area contributed by atoms with Gasteiger partial charge >= 0.3 is 0 Å². The quantitative estimate of drug-likeness (QED) is 0.773. The molecule has 0 heterocycles. The van der Waals surface area contributed by atoms with E-state index >= 15 is 0 Å². The van der Waals surface area contributed by atoms with Crippen molar-refractivity contribution in [2.45, 2.75) is 77.9 Å². The van der Waals surface area contributed by atoms with Gasteiger partial charge in [0.15, 0.2) is 5.78 Å². The van der Waals surface area contributed by atoms with E-state index in [9.17, 15) is 15.0 Å². The first-order valence-electron chi connectivity index (χ1n) is 9.87. The zero-order chi connectivity index (χ0) is 17.3. The second-order valence-electron chi connectivity index (χ2n) is 9.59. The van der Waals surface area contributed by atoms with Crippen LogP contribution in [0.2, 0.25) is 0 Å². The maximum absolute atomic E-state index is 11.9. The molecule has 0 aromatic rings. The van der Waals surface area contributed by atoms with Crippen LogP contribution in [0.1, 0.15) is 65.7 Å². The molecule has 0 unspecified atom stereocenters. The number of ketones is 1. The second kappa shape index (κ2) is 5.41. The lowest BCUT2D eigenvalue weighted by Gasteiger charge is -2.60. The lowest BCUT2D eigenvalue weighted by atomic mass is 9.46. The standard InChI is InChI=1S/C21H32O3/c1-12(22)16-6-7-17-15-5-4-13-10-14(23)8-9-20(13,2)19(15)18(24)11-21(16,17)3/h10,12,15-19,22,24H,4-9,11H2,1-3H3/t12-,15-,16+,17-,18+,19+,20+,21+/m1/s1. The summed E-state index contributed by atoms with van der Waals surface area (Å²) >= 11 is 0. The third kappa shape index (κ3) is 2.13. The minimum atomic E-state index is -0.308. The molecule has 0 aliphatic heterocycles. The van der Waals surface area contributed by atoms with E-state index in [0.717, 1.165) is 32.1 Å². The average molecular weight is 332 g/mol. The van der Waals surface area contributed by atoms with Gasteiger partial charge in [0.2, 0.25) is 0 Å². The Kier molecular flexibility index (Phi) is 3.78. The number of carbonyl (C=O) groups excluding carboxylic acids is 1. The number of aliphatic hydroxyl groups is 2. The van der Waals surface area contributed by atoms with E-state index in [1.165, 1.54) is 12.0 Å². The lowest BCUT2D eigenvalue weighted by molar-refractivity contribution is -0.140. The Balaban J connectivity index is 1.71. The Bertz CT molecular complexity index is 580. The van der Waals surface area contributed by atoms with Crippen molar-refractivity contribution in [1.29, 1.82) is 0 Å². The fraction of sp³-hybridized carbons (Fsp3) is 0.857. The van der Waals surface area contributed by atoms with Crippen molar-refractivity contribution in [3.8, 4) is 0 Å². The Hall–Kier alpha value is -0.670. The Labute approximate surface area is 145 Å². The van der Waals surface area contributed by atoms with Crippen LogP contribution >= 0.6 is 0 Å². The molecule has 0 bridgehead atoms. The maximum Gasteiger partial charge on any atom is 0.155 e. The van der Waals surface area contributed by atoms with Crippen molar-refractivity contribution in [1.82, 2.24) is 0 Å². The highest BCUT2D eigenvalue weighted by Crippen LogP contribution is 2.66. The van der Waals surface area contributed by atoms with E-state index < -0.39 is 0 Å². The highest BCUT2D eigenvalue weighted by molar-refractivity contribution is 5.91. The number of fused-ring (bicyclic) bond motifs is 5. The van der Waals surface area contributed by atoms with Crippen LogP contribution in [0.4, 0.5) is 0 Å². The Morgan fingerprint density at radius 1 is 1.21 bits per heavy atom. The second-order valence-corrected chi connectivity index (χ2v) is 9.59. The molecule has 0 spiro atoms. The largest absolute Gasteiger partial charge is 0.393 e. The molecule has 2 N–H and O–H groups in total. The van der Waals surface area contributed by atoms with Crippen molar-refractivity contribution in [3.63, 3.8) is 0 Å². The van der Waals surface area contributed by atoms with Crippen LogP contribution in [-0.2, 0) is 4.79 Å². The molecule has 0 amide bonds. The molecule has 24 heavy (non-hydrogen) atoms. The summed E-state index contributed by atoms with van der Waals surface area (Å²) in [5, 5.41) is 21.5.